The Morgan fingerprint density at radius 2 is 2.09 bits per heavy atom. The van der Waals surface area contributed by atoms with Gasteiger partial charge in [-0.3, -0.25) is 4.79 Å². The fourth-order valence-corrected chi connectivity index (χ4v) is 2.88. The summed E-state index contributed by atoms with van der Waals surface area (Å²) in [7, 11) is 3.58. The van der Waals surface area contributed by atoms with Gasteiger partial charge in [0.15, 0.2) is 5.69 Å². The smallest absolute Gasteiger partial charge is 0.274 e. The van der Waals surface area contributed by atoms with Gasteiger partial charge < -0.3 is 15.0 Å². The molecule has 3 rings (SSSR count). The number of aromatic nitrogens is 2. The first-order chi connectivity index (χ1) is 11.2. The Kier molecular flexibility index (Phi) is 4.62. The number of nitrogens with one attached hydrogen (secondary N) is 1. The molecule has 1 aromatic carbocycles. The van der Waals surface area contributed by atoms with Gasteiger partial charge in [-0.05, 0) is 50.2 Å². The van der Waals surface area contributed by atoms with E-state index in [0.29, 0.717) is 11.7 Å². The molecular formula is C17H22N4O2. The normalized spacial score (nSPS) is 18.0. The first kappa shape index (κ1) is 15.6. The summed E-state index contributed by atoms with van der Waals surface area (Å²) in [5, 5.41) is 7.68. The number of rotatable bonds is 4. The van der Waals surface area contributed by atoms with Crippen LogP contribution in [0, 0.1) is 0 Å². The van der Waals surface area contributed by atoms with E-state index >= 15 is 0 Å². The number of carbonyl (C=O) groups excluding carboxylic acids is 1. The van der Waals surface area contributed by atoms with Crippen LogP contribution in [0.1, 0.15) is 23.3 Å². The van der Waals surface area contributed by atoms with Gasteiger partial charge in [-0.15, -0.1) is 0 Å². The first-order valence-corrected chi connectivity index (χ1v) is 7.88. The average molecular weight is 314 g/mol. The molecule has 122 valence electrons. The molecule has 1 N–H and O–H groups in total. The van der Waals surface area contributed by atoms with Gasteiger partial charge in [0, 0.05) is 25.3 Å². The molecule has 1 atom stereocenters. The van der Waals surface area contributed by atoms with E-state index in [9.17, 15) is 4.79 Å². The third-order valence-corrected chi connectivity index (χ3v) is 4.26. The number of ether oxygens (including phenoxy) is 1. The topological polar surface area (TPSA) is 59.4 Å². The lowest BCUT2D eigenvalue weighted by Crippen LogP contribution is -2.47. The van der Waals surface area contributed by atoms with Gasteiger partial charge in [0.05, 0.1) is 12.8 Å². The Bertz CT molecular complexity index is 665. The highest BCUT2D eigenvalue weighted by Crippen LogP contribution is 2.16. The minimum absolute atomic E-state index is 0.00258. The summed E-state index contributed by atoms with van der Waals surface area (Å²) in [5.41, 5.74) is 1.38. The number of hydrogen-bond acceptors (Lipinski definition) is 4. The molecule has 6 nitrogen and oxygen atoms in total. The highest BCUT2D eigenvalue weighted by molar-refractivity contribution is 5.92. The second-order valence-electron chi connectivity index (χ2n) is 5.72. The molecule has 6 heteroatoms. The molecule has 23 heavy (non-hydrogen) atoms. The van der Waals surface area contributed by atoms with Crippen LogP contribution in [0.15, 0.2) is 36.5 Å². The summed E-state index contributed by atoms with van der Waals surface area (Å²) in [4.78, 5) is 14.5. The molecule has 2 heterocycles. The maximum atomic E-state index is 12.6. The van der Waals surface area contributed by atoms with Gasteiger partial charge in [-0.25, -0.2) is 4.68 Å². The van der Waals surface area contributed by atoms with E-state index < -0.39 is 0 Å². The Morgan fingerprint density at radius 3 is 2.78 bits per heavy atom. The van der Waals surface area contributed by atoms with E-state index in [0.717, 1.165) is 37.4 Å². The molecule has 1 aliphatic rings. The summed E-state index contributed by atoms with van der Waals surface area (Å²) >= 11 is 0. The maximum Gasteiger partial charge on any atom is 0.274 e. The number of likely N-dealkylation sites (N-methyl/N-ethyl adjacent to an activating group) is 1. The van der Waals surface area contributed by atoms with Crippen LogP contribution in [0.2, 0.25) is 0 Å². The van der Waals surface area contributed by atoms with Crippen LogP contribution >= 0.6 is 0 Å². The molecular weight excluding hydrogens is 292 g/mol. The molecule has 0 radical (unpaired) electrons. The molecule has 0 saturated carbocycles. The van der Waals surface area contributed by atoms with Crippen molar-refractivity contribution in [2.45, 2.75) is 18.9 Å². The minimum Gasteiger partial charge on any atom is -0.497 e. The summed E-state index contributed by atoms with van der Waals surface area (Å²) in [6.07, 6.45) is 3.95. The zero-order valence-electron chi connectivity index (χ0n) is 13.5. The van der Waals surface area contributed by atoms with Crippen molar-refractivity contribution in [3.8, 4) is 11.4 Å². The zero-order valence-corrected chi connectivity index (χ0v) is 13.5. The van der Waals surface area contributed by atoms with E-state index in [1.165, 1.54) is 0 Å². The standard InChI is InChI=1S/C17H22N4O2/c1-18-13-4-3-10-20(12-13)17(22)16-9-11-21(19-16)14-5-7-15(23-2)8-6-14/h5-9,11,13,18H,3-4,10,12H2,1-2H3. The Labute approximate surface area is 136 Å². The summed E-state index contributed by atoms with van der Waals surface area (Å²) in [6.45, 7) is 1.54. The number of amides is 1. The predicted molar refractivity (Wildman–Crippen MR) is 88.1 cm³/mol. The highest BCUT2D eigenvalue weighted by Gasteiger charge is 2.24. The van der Waals surface area contributed by atoms with Crippen molar-refractivity contribution in [3.05, 3.63) is 42.2 Å². The first-order valence-electron chi connectivity index (χ1n) is 7.88. The number of benzene rings is 1. The zero-order chi connectivity index (χ0) is 16.2. The van der Waals surface area contributed by atoms with Crippen LogP contribution in [0.25, 0.3) is 5.69 Å². The van der Waals surface area contributed by atoms with Crippen LogP contribution in [0.5, 0.6) is 5.75 Å². The third kappa shape index (κ3) is 3.37. The number of carbonyl (C=O) groups is 1. The van der Waals surface area contributed by atoms with Crippen LogP contribution in [-0.2, 0) is 0 Å². The fourth-order valence-electron chi connectivity index (χ4n) is 2.88. The second-order valence-corrected chi connectivity index (χ2v) is 5.72. The monoisotopic (exact) mass is 314 g/mol. The molecule has 1 amide bonds. The Hall–Kier alpha value is -2.34. The number of methoxy groups -OCH3 is 1. The Morgan fingerprint density at radius 1 is 1.30 bits per heavy atom. The SMILES string of the molecule is CNC1CCCN(C(=O)c2ccn(-c3ccc(OC)cc3)n2)C1. The highest BCUT2D eigenvalue weighted by atomic mass is 16.5. The number of likely N-dealkylation sites (tertiary alicyclic amines) is 1. The lowest BCUT2D eigenvalue weighted by Gasteiger charge is -2.32. The lowest BCUT2D eigenvalue weighted by molar-refractivity contribution is 0.0691. The summed E-state index contributed by atoms with van der Waals surface area (Å²) < 4.78 is 6.87. The molecule has 0 aliphatic carbocycles. The van der Waals surface area contributed by atoms with E-state index in [2.05, 4.69) is 10.4 Å². The minimum atomic E-state index is -0.00258. The number of piperidine rings is 1. The third-order valence-electron chi connectivity index (χ3n) is 4.26. The number of hydrogen-bond donors (Lipinski definition) is 1. The molecule has 1 unspecified atom stereocenters. The van der Waals surface area contributed by atoms with Gasteiger partial charge in [-0.2, -0.15) is 5.10 Å². The van der Waals surface area contributed by atoms with Crippen molar-refractivity contribution in [2.75, 3.05) is 27.2 Å². The molecule has 1 aromatic heterocycles. The van der Waals surface area contributed by atoms with Crippen LogP contribution in [-0.4, -0.2) is 53.9 Å². The van der Waals surface area contributed by atoms with Crippen LogP contribution in [0.3, 0.4) is 0 Å². The lowest BCUT2D eigenvalue weighted by atomic mass is 10.1. The average Bonchev–Trinajstić information content (AvgIpc) is 3.11. The maximum absolute atomic E-state index is 12.6. The fraction of sp³-hybridized carbons (Fsp3) is 0.412. The van der Waals surface area contributed by atoms with Crippen molar-refractivity contribution in [1.29, 1.82) is 0 Å². The van der Waals surface area contributed by atoms with Crippen molar-refractivity contribution in [1.82, 2.24) is 20.0 Å². The summed E-state index contributed by atoms with van der Waals surface area (Å²) in [5.74, 6) is 0.792. The van der Waals surface area contributed by atoms with Crippen molar-refractivity contribution >= 4 is 5.91 Å². The van der Waals surface area contributed by atoms with E-state index in [1.54, 1.807) is 17.9 Å². The second kappa shape index (κ2) is 6.83. The predicted octanol–water partition coefficient (Wildman–Crippen LogP) is 1.70. The molecule has 2 aromatic rings. The van der Waals surface area contributed by atoms with Crippen molar-refractivity contribution in [3.63, 3.8) is 0 Å². The van der Waals surface area contributed by atoms with Gasteiger partial charge in [0.25, 0.3) is 5.91 Å². The summed E-state index contributed by atoms with van der Waals surface area (Å²) in [6, 6.07) is 9.73. The van der Waals surface area contributed by atoms with E-state index in [1.807, 2.05) is 42.4 Å². The van der Waals surface area contributed by atoms with Crippen molar-refractivity contribution < 1.29 is 9.53 Å². The number of nitrogens with zero attached hydrogens (tertiary/aromatic N) is 3. The van der Waals surface area contributed by atoms with Crippen LogP contribution in [0.4, 0.5) is 0 Å². The van der Waals surface area contributed by atoms with Gasteiger partial charge in [0.1, 0.15) is 5.75 Å². The largest absolute Gasteiger partial charge is 0.497 e. The molecule has 0 spiro atoms. The molecule has 1 fully saturated rings. The van der Waals surface area contributed by atoms with E-state index in [4.69, 9.17) is 4.74 Å². The Balaban J connectivity index is 1.74. The van der Waals surface area contributed by atoms with E-state index in [-0.39, 0.29) is 5.91 Å². The molecule has 1 aliphatic heterocycles. The molecule has 0 bridgehead atoms. The van der Waals surface area contributed by atoms with Gasteiger partial charge in [-0.1, -0.05) is 0 Å². The van der Waals surface area contributed by atoms with Crippen molar-refractivity contribution in [2.24, 2.45) is 0 Å². The molecule has 1 saturated heterocycles. The van der Waals surface area contributed by atoms with Crippen LogP contribution < -0.4 is 10.1 Å². The van der Waals surface area contributed by atoms with Gasteiger partial charge >= 0.3 is 0 Å². The quantitative estimate of drug-likeness (QED) is 0.933. The van der Waals surface area contributed by atoms with Gasteiger partial charge in [0.2, 0.25) is 0 Å².